The number of Topliss-reactive ketones (excluding diaryl/α,β-unsaturated/α-hetero) is 1. The SMILES string of the molecule is CCCC(=O)Nc1ccc(C(=O)COC(=O)c2ccc3c(c2)C(=O)N(Cc2ccco2)C3=O)cc1. The number of nitrogens with zero attached hydrogens (tertiary/aromatic N) is 1. The zero-order valence-electron chi connectivity index (χ0n) is 18.9. The Morgan fingerprint density at radius 3 is 2.34 bits per heavy atom. The Hall–Kier alpha value is -4.53. The molecule has 1 aromatic heterocycles. The van der Waals surface area contributed by atoms with Crippen molar-refractivity contribution in [2.75, 3.05) is 11.9 Å². The maximum atomic E-state index is 12.7. The Kier molecular flexibility index (Phi) is 6.86. The second-order valence-corrected chi connectivity index (χ2v) is 7.91. The molecule has 1 aliphatic rings. The Balaban J connectivity index is 1.37. The third-order valence-electron chi connectivity index (χ3n) is 5.40. The first-order valence-corrected chi connectivity index (χ1v) is 11.0. The maximum Gasteiger partial charge on any atom is 0.338 e. The molecule has 0 atom stereocenters. The monoisotopic (exact) mass is 474 g/mol. The van der Waals surface area contributed by atoms with Crippen molar-refractivity contribution in [2.45, 2.75) is 26.3 Å². The van der Waals surface area contributed by atoms with Crippen molar-refractivity contribution in [3.05, 3.63) is 88.9 Å². The molecule has 9 nitrogen and oxygen atoms in total. The third-order valence-corrected chi connectivity index (χ3v) is 5.40. The van der Waals surface area contributed by atoms with Crippen LogP contribution >= 0.6 is 0 Å². The number of anilines is 1. The highest BCUT2D eigenvalue weighted by Gasteiger charge is 2.36. The second kappa shape index (κ2) is 10.2. The zero-order chi connectivity index (χ0) is 24.9. The van der Waals surface area contributed by atoms with Gasteiger partial charge in [-0.1, -0.05) is 6.92 Å². The number of hydrogen-bond acceptors (Lipinski definition) is 7. The van der Waals surface area contributed by atoms with Gasteiger partial charge in [0, 0.05) is 17.7 Å². The van der Waals surface area contributed by atoms with Crippen LogP contribution < -0.4 is 5.32 Å². The molecule has 1 N–H and O–H groups in total. The van der Waals surface area contributed by atoms with Gasteiger partial charge >= 0.3 is 5.97 Å². The number of ketones is 1. The molecule has 0 unspecified atom stereocenters. The molecule has 2 heterocycles. The van der Waals surface area contributed by atoms with Gasteiger partial charge < -0.3 is 14.5 Å². The molecule has 0 fully saturated rings. The second-order valence-electron chi connectivity index (χ2n) is 7.91. The summed E-state index contributed by atoms with van der Waals surface area (Å²) < 4.78 is 10.3. The van der Waals surface area contributed by atoms with Crippen molar-refractivity contribution < 1.29 is 33.1 Å². The Morgan fingerprint density at radius 1 is 0.943 bits per heavy atom. The van der Waals surface area contributed by atoms with Gasteiger partial charge in [0.2, 0.25) is 5.91 Å². The van der Waals surface area contributed by atoms with Gasteiger partial charge in [0.1, 0.15) is 5.76 Å². The Bertz CT molecular complexity index is 1290. The first kappa shape index (κ1) is 23.6. The highest BCUT2D eigenvalue weighted by molar-refractivity contribution is 6.21. The quantitative estimate of drug-likeness (QED) is 0.284. The smallest absolute Gasteiger partial charge is 0.338 e. The molecule has 178 valence electrons. The molecule has 4 rings (SSSR count). The summed E-state index contributed by atoms with van der Waals surface area (Å²) in [5, 5.41) is 2.73. The van der Waals surface area contributed by atoms with Gasteiger partial charge in [-0.2, -0.15) is 0 Å². The van der Waals surface area contributed by atoms with Crippen LogP contribution in [0.4, 0.5) is 5.69 Å². The van der Waals surface area contributed by atoms with Crippen molar-refractivity contribution in [3.8, 4) is 0 Å². The van der Waals surface area contributed by atoms with Gasteiger partial charge in [0.25, 0.3) is 11.8 Å². The van der Waals surface area contributed by atoms with Crippen LogP contribution in [0.1, 0.15) is 67.0 Å². The van der Waals surface area contributed by atoms with Gasteiger partial charge in [-0.15, -0.1) is 0 Å². The number of rotatable bonds is 9. The lowest BCUT2D eigenvalue weighted by Gasteiger charge is -2.11. The number of fused-ring (bicyclic) bond motifs is 1. The van der Waals surface area contributed by atoms with E-state index in [1.807, 2.05) is 6.92 Å². The normalized spacial score (nSPS) is 12.4. The number of amides is 3. The van der Waals surface area contributed by atoms with Crippen LogP contribution in [0.15, 0.2) is 65.3 Å². The first-order chi connectivity index (χ1) is 16.9. The lowest BCUT2D eigenvalue weighted by Crippen LogP contribution is -2.28. The van der Waals surface area contributed by atoms with Crippen molar-refractivity contribution in [1.29, 1.82) is 0 Å². The number of nitrogens with one attached hydrogen (secondary N) is 1. The number of furan rings is 1. The topological polar surface area (TPSA) is 123 Å². The van der Waals surface area contributed by atoms with Gasteiger partial charge in [-0.05, 0) is 61.0 Å². The third kappa shape index (κ3) is 5.19. The number of hydrogen-bond donors (Lipinski definition) is 1. The van der Waals surface area contributed by atoms with E-state index in [0.29, 0.717) is 23.4 Å². The molecular formula is C26H22N2O7. The van der Waals surface area contributed by atoms with E-state index in [0.717, 1.165) is 11.3 Å². The minimum atomic E-state index is -0.797. The first-order valence-electron chi connectivity index (χ1n) is 11.0. The van der Waals surface area contributed by atoms with Gasteiger partial charge in [0.15, 0.2) is 12.4 Å². The fourth-order valence-electron chi connectivity index (χ4n) is 3.61. The number of ether oxygens (including phenoxy) is 1. The van der Waals surface area contributed by atoms with Gasteiger partial charge in [-0.3, -0.25) is 24.1 Å². The number of imide groups is 1. The fourth-order valence-corrected chi connectivity index (χ4v) is 3.61. The van der Waals surface area contributed by atoms with E-state index < -0.39 is 30.2 Å². The molecule has 0 radical (unpaired) electrons. The summed E-state index contributed by atoms with van der Waals surface area (Å²) in [5.41, 5.74) is 1.19. The predicted molar refractivity (Wildman–Crippen MR) is 124 cm³/mol. The number of carbonyl (C=O) groups is 5. The standard InChI is InChI=1S/C26H22N2O7/c1-2-4-23(30)27-18-9-6-16(7-10-18)22(29)15-35-26(33)17-8-11-20-21(13-17)25(32)28(24(20)31)14-19-5-3-12-34-19/h3,5-13H,2,4,14-15H2,1H3,(H,27,30). The lowest BCUT2D eigenvalue weighted by atomic mass is 10.1. The molecule has 1 aliphatic heterocycles. The summed E-state index contributed by atoms with van der Waals surface area (Å²) in [6.07, 6.45) is 2.58. The van der Waals surface area contributed by atoms with Crippen LogP contribution in [-0.2, 0) is 16.1 Å². The fraction of sp³-hybridized carbons (Fsp3) is 0.192. The Labute approximate surface area is 200 Å². The highest BCUT2D eigenvalue weighted by atomic mass is 16.5. The molecule has 0 bridgehead atoms. The molecule has 0 saturated carbocycles. The molecule has 3 aromatic rings. The van der Waals surface area contributed by atoms with Crippen molar-refractivity contribution in [3.63, 3.8) is 0 Å². The van der Waals surface area contributed by atoms with Crippen LogP contribution in [0, 0.1) is 0 Å². The van der Waals surface area contributed by atoms with Crippen molar-refractivity contribution in [2.24, 2.45) is 0 Å². The van der Waals surface area contributed by atoms with Crippen LogP contribution in [0.5, 0.6) is 0 Å². The van der Waals surface area contributed by atoms with E-state index in [4.69, 9.17) is 9.15 Å². The van der Waals surface area contributed by atoms with E-state index in [1.54, 1.807) is 24.3 Å². The summed E-state index contributed by atoms with van der Waals surface area (Å²) in [7, 11) is 0. The lowest BCUT2D eigenvalue weighted by molar-refractivity contribution is -0.116. The molecule has 0 saturated heterocycles. The predicted octanol–water partition coefficient (Wildman–Crippen LogP) is 3.85. The van der Waals surface area contributed by atoms with Crippen molar-refractivity contribution in [1.82, 2.24) is 4.90 Å². The minimum absolute atomic E-state index is 0.0191. The summed E-state index contributed by atoms with van der Waals surface area (Å²) >= 11 is 0. The van der Waals surface area contributed by atoms with Crippen molar-refractivity contribution >= 4 is 35.2 Å². The van der Waals surface area contributed by atoms with E-state index in [9.17, 15) is 24.0 Å². The molecule has 9 heteroatoms. The minimum Gasteiger partial charge on any atom is -0.467 e. The largest absolute Gasteiger partial charge is 0.467 e. The molecule has 0 spiro atoms. The number of carbonyl (C=O) groups excluding carboxylic acids is 5. The molecule has 35 heavy (non-hydrogen) atoms. The van der Waals surface area contributed by atoms with E-state index in [-0.39, 0.29) is 29.1 Å². The molecule has 3 amide bonds. The van der Waals surface area contributed by atoms with Gasteiger partial charge in [-0.25, -0.2) is 4.79 Å². The summed E-state index contributed by atoms with van der Waals surface area (Å²) in [4.78, 5) is 62.9. The van der Waals surface area contributed by atoms with Crippen LogP contribution in [0.2, 0.25) is 0 Å². The van der Waals surface area contributed by atoms with Crippen LogP contribution in [0.3, 0.4) is 0 Å². The Morgan fingerprint density at radius 2 is 1.66 bits per heavy atom. The summed E-state index contributed by atoms with van der Waals surface area (Å²) in [5.74, 6) is -1.91. The summed E-state index contributed by atoms with van der Waals surface area (Å²) in [6.45, 7) is 1.38. The van der Waals surface area contributed by atoms with Gasteiger partial charge in [0.05, 0.1) is 29.5 Å². The number of benzene rings is 2. The highest BCUT2D eigenvalue weighted by Crippen LogP contribution is 2.26. The molecule has 2 aromatic carbocycles. The average molecular weight is 474 g/mol. The number of esters is 1. The molecular weight excluding hydrogens is 452 g/mol. The maximum absolute atomic E-state index is 12.7. The zero-order valence-corrected chi connectivity index (χ0v) is 18.9. The van der Waals surface area contributed by atoms with Crippen LogP contribution in [0.25, 0.3) is 0 Å². The summed E-state index contributed by atoms with van der Waals surface area (Å²) in [6, 6.07) is 13.6. The van der Waals surface area contributed by atoms with E-state index in [1.165, 1.54) is 36.6 Å². The van der Waals surface area contributed by atoms with Crippen LogP contribution in [-0.4, -0.2) is 41.0 Å². The molecule has 0 aliphatic carbocycles. The van der Waals surface area contributed by atoms with E-state index >= 15 is 0 Å². The average Bonchev–Trinajstić information content (AvgIpc) is 3.45. The van der Waals surface area contributed by atoms with E-state index in [2.05, 4.69) is 5.32 Å².